The molecular weight excluding hydrogens is 845 g/mol. The second kappa shape index (κ2) is 16.7. The Morgan fingerprint density at radius 1 is 0.557 bits per heavy atom. The summed E-state index contributed by atoms with van der Waals surface area (Å²) in [6, 6.07) is 24.2. The molecular formula is C68H84N2. The highest BCUT2D eigenvalue weighted by atomic mass is 15.2. The fourth-order valence-corrected chi connectivity index (χ4v) is 13.4. The van der Waals surface area contributed by atoms with Crippen LogP contribution in [0, 0.1) is 28.1 Å². The zero-order valence-corrected chi connectivity index (χ0v) is 46.0. The molecule has 0 amide bonds. The summed E-state index contributed by atoms with van der Waals surface area (Å²) >= 11 is 0. The van der Waals surface area contributed by atoms with Gasteiger partial charge in [-0.1, -0.05) is 195 Å². The lowest BCUT2D eigenvalue weighted by Gasteiger charge is -2.40. The molecule has 2 heteroatoms. The van der Waals surface area contributed by atoms with Crippen LogP contribution >= 0.6 is 0 Å². The first-order valence-electron chi connectivity index (χ1n) is 27.1. The van der Waals surface area contributed by atoms with Crippen LogP contribution < -0.4 is 4.90 Å². The van der Waals surface area contributed by atoms with Crippen LogP contribution in [0.1, 0.15) is 189 Å². The van der Waals surface area contributed by atoms with Crippen molar-refractivity contribution in [2.24, 2.45) is 28.1 Å². The fraction of sp³-hybridized carbons (Fsp3) is 0.471. The van der Waals surface area contributed by atoms with Crippen molar-refractivity contribution < 1.29 is 0 Å². The first-order chi connectivity index (χ1) is 32.7. The molecule has 0 fully saturated rings. The normalized spacial score (nSPS) is 24.5. The van der Waals surface area contributed by atoms with Gasteiger partial charge in [0.15, 0.2) is 0 Å². The maximum atomic E-state index is 2.73. The van der Waals surface area contributed by atoms with Gasteiger partial charge in [-0.2, -0.15) is 0 Å². The first kappa shape index (κ1) is 48.5. The zero-order chi connectivity index (χ0) is 50.1. The van der Waals surface area contributed by atoms with Crippen LogP contribution in [0.4, 0.5) is 11.4 Å². The molecule has 366 valence electrons. The molecule has 0 N–H and O–H groups in total. The van der Waals surface area contributed by atoms with E-state index in [2.05, 4.69) is 242 Å². The SMILES string of the molecule is CC(C)(C)C1=CCC(N(C2=CCC(C(C)(C)C)C=C2)C2=CC3=C(CC2)c2c(ccc4c2C=CC2C4C4=C(C=C(N(c5ccc(C(C)(C)C)cc5)c5ccc(C(C)(C)C)cc5)CC4)C2(C)C)C3(C)C)C=C1. The second-order valence-electron chi connectivity index (χ2n) is 27.4. The molecule has 4 atom stereocenters. The van der Waals surface area contributed by atoms with E-state index in [1.807, 2.05) is 0 Å². The number of hydrogen-bond acceptors (Lipinski definition) is 2. The zero-order valence-electron chi connectivity index (χ0n) is 46.0. The second-order valence-corrected chi connectivity index (χ2v) is 27.4. The summed E-state index contributed by atoms with van der Waals surface area (Å²) < 4.78 is 0. The van der Waals surface area contributed by atoms with Gasteiger partial charge in [-0.3, -0.25) is 0 Å². The van der Waals surface area contributed by atoms with Crippen molar-refractivity contribution in [1.82, 2.24) is 4.90 Å². The molecule has 0 saturated heterocycles. The third kappa shape index (κ3) is 8.26. The summed E-state index contributed by atoms with van der Waals surface area (Å²) in [6.07, 6.45) is 31.7. The molecule has 0 heterocycles. The Kier molecular flexibility index (Phi) is 11.6. The highest BCUT2D eigenvalue weighted by Crippen LogP contribution is 2.63. The monoisotopic (exact) mass is 929 g/mol. The van der Waals surface area contributed by atoms with Crippen LogP contribution in [0.2, 0.25) is 0 Å². The van der Waals surface area contributed by atoms with Crippen molar-refractivity contribution in [3.05, 3.63) is 188 Å². The van der Waals surface area contributed by atoms with Crippen LogP contribution in [0.15, 0.2) is 155 Å². The van der Waals surface area contributed by atoms with E-state index in [1.165, 1.54) is 67.4 Å². The van der Waals surface area contributed by atoms with Gasteiger partial charge in [0.25, 0.3) is 0 Å². The van der Waals surface area contributed by atoms with E-state index < -0.39 is 0 Å². The predicted molar refractivity (Wildman–Crippen MR) is 301 cm³/mol. The smallest absolute Gasteiger partial charge is 0.0556 e. The number of fused-ring (bicyclic) bond motifs is 7. The molecule has 4 unspecified atom stereocenters. The Balaban J connectivity index is 1.03. The Morgan fingerprint density at radius 3 is 1.71 bits per heavy atom. The lowest BCUT2D eigenvalue weighted by atomic mass is 9.68. The Hall–Kier alpha value is -5.08. The van der Waals surface area contributed by atoms with E-state index in [0.717, 1.165) is 38.5 Å². The molecule has 0 aliphatic heterocycles. The highest BCUT2D eigenvalue weighted by Gasteiger charge is 2.51. The molecule has 70 heavy (non-hydrogen) atoms. The van der Waals surface area contributed by atoms with Crippen molar-refractivity contribution >= 4 is 23.0 Å². The first-order valence-corrected chi connectivity index (χ1v) is 27.1. The molecule has 0 spiro atoms. The van der Waals surface area contributed by atoms with E-state index in [1.54, 1.807) is 22.3 Å². The topological polar surface area (TPSA) is 6.48 Å². The van der Waals surface area contributed by atoms with E-state index in [9.17, 15) is 0 Å². The number of rotatable bonds is 6. The fourth-order valence-electron chi connectivity index (χ4n) is 13.4. The van der Waals surface area contributed by atoms with Gasteiger partial charge < -0.3 is 9.80 Å². The van der Waals surface area contributed by atoms with Crippen LogP contribution in [0.25, 0.3) is 11.6 Å². The van der Waals surface area contributed by atoms with Gasteiger partial charge in [-0.15, -0.1) is 0 Å². The van der Waals surface area contributed by atoms with Gasteiger partial charge in [0.05, 0.1) is 6.04 Å². The standard InChI is InChI=1S/C68H84N2/c1-63(2,3)43-17-25-47(26-18-43)69(48-27-19-44(20-28-48)64(4,5)6)51-33-35-55-59(41-51)67(13,14)57-39-37-54-53(61(55)57)38-40-58-62(54)56-36-34-52(42-60(56)68(58,15)16)70(49-29-21-45(22-30-49)65(7,8)9)50-31-23-46(24-32-50)66(10,11)12/h17-23,25-29,31-32,37-42,46,49,57,61H,24,30,33-36H2,1-16H3. The summed E-state index contributed by atoms with van der Waals surface area (Å²) in [5.41, 5.74) is 23.8. The largest absolute Gasteiger partial charge is 0.338 e. The molecule has 10 rings (SSSR count). The summed E-state index contributed by atoms with van der Waals surface area (Å²) in [4.78, 5) is 5.29. The van der Waals surface area contributed by atoms with Gasteiger partial charge in [-0.05, 0) is 176 Å². The molecule has 0 saturated carbocycles. The van der Waals surface area contributed by atoms with Crippen molar-refractivity contribution in [1.29, 1.82) is 0 Å². The molecule has 2 nitrogen and oxygen atoms in total. The number of anilines is 2. The minimum atomic E-state index is -0.0843. The van der Waals surface area contributed by atoms with Crippen LogP contribution in [-0.2, 0) is 16.2 Å². The average Bonchev–Trinajstić information content (AvgIpc) is 3.67. The summed E-state index contributed by atoms with van der Waals surface area (Å²) in [6.45, 7) is 38.1. The number of nitrogens with zero attached hydrogens (tertiary/aromatic N) is 2. The lowest BCUT2D eigenvalue weighted by molar-refractivity contribution is 0.286. The van der Waals surface area contributed by atoms with Gasteiger partial charge in [-0.25, -0.2) is 0 Å². The Labute approximate surface area is 424 Å². The third-order valence-electron chi connectivity index (χ3n) is 17.9. The van der Waals surface area contributed by atoms with Crippen LogP contribution in [0.5, 0.6) is 0 Å². The van der Waals surface area contributed by atoms with E-state index in [0.29, 0.717) is 23.8 Å². The summed E-state index contributed by atoms with van der Waals surface area (Å²) in [5.74, 6) is 1.36. The number of hydrogen-bond donors (Lipinski definition) is 0. The molecule has 0 aromatic heterocycles. The van der Waals surface area contributed by atoms with Gasteiger partial charge in [0, 0.05) is 39.8 Å². The quantitative estimate of drug-likeness (QED) is 0.243. The lowest BCUT2D eigenvalue weighted by Crippen LogP contribution is -2.35. The predicted octanol–water partition coefficient (Wildman–Crippen LogP) is 18.7. The third-order valence-corrected chi connectivity index (χ3v) is 17.9. The average molecular weight is 929 g/mol. The van der Waals surface area contributed by atoms with Crippen molar-refractivity contribution in [3.63, 3.8) is 0 Å². The van der Waals surface area contributed by atoms with Crippen molar-refractivity contribution in [2.75, 3.05) is 4.90 Å². The van der Waals surface area contributed by atoms with E-state index in [4.69, 9.17) is 0 Å². The number of benzene rings is 3. The minimum Gasteiger partial charge on any atom is -0.338 e. The van der Waals surface area contributed by atoms with E-state index in [-0.39, 0.29) is 32.5 Å². The van der Waals surface area contributed by atoms with Gasteiger partial charge >= 0.3 is 0 Å². The number of allylic oxidation sites excluding steroid dienone is 14. The van der Waals surface area contributed by atoms with Crippen molar-refractivity contribution in [2.45, 2.75) is 178 Å². The van der Waals surface area contributed by atoms with Crippen LogP contribution in [0.3, 0.4) is 0 Å². The van der Waals surface area contributed by atoms with Crippen LogP contribution in [-0.4, -0.2) is 10.9 Å². The minimum absolute atomic E-state index is 0.00207. The maximum Gasteiger partial charge on any atom is 0.0556 e. The molecule has 7 aliphatic carbocycles. The summed E-state index contributed by atoms with van der Waals surface area (Å²) in [5, 5.41) is 0. The Bertz CT molecular complexity index is 2830. The maximum absolute atomic E-state index is 2.73. The summed E-state index contributed by atoms with van der Waals surface area (Å²) in [7, 11) is 0. The molecule has 7 aliphatic rings. The molecule has 3 aromatic rings. The van der Waals surface area contributed by atoms with E-state index >= 15 is 0 Å². The Morgan fingerprint density at radius 2 is 1.17 bits per heavy atom. The molecule has 0 radical (unpaired) electrons. The molecule has 0 bridgehead atoms. The van der Waals surface area contributed by atoms with Gasteiger partial charge in [0.2, 0.25) is 0 Å². The van der Waals surface area contributed by atoms with Crippen molar-refractivity contribution in [3.8, 4) is 0 Å². The van der Waals surface area contributed by atoms with Gasteiger partial charge in [0.1, 0.15) is 0 Å². The highest BCUT2D eigenvalue weighted by molar-refractivity contribution is 5.90. The molecule has 3 aromatic carbocycles.